The van der Waals surface area contributed by atoms with Crippen LogP contribution in [0.25, 0.3) is 0 Å². The van der Waals surface area contributed by atoms with Crippen LogP contribution in [0.5, 0.6) is 5.75 Å². The number of ether oxygens (including phenoxy) is 1. The average Bonchev–Trinajstić information content (AvgIpc) is 2.66. The Morgan fingerprint density at radius 3 is 2.69 bits per heavy atom. The van der Waals surface area contributed by atoms with Gasteiger partial charge in [-0.25, -0.2) is 8.42 Å². The molecule has 0 saturated heterocycles. The fraction of sp³-hybridized carbons (Fsp3) is 0.278. The quantitative estimate of drug-likeness (QED) is 0.829. The molecular formula is C18H19ClN2O4S. The van der Waals surface area contributed by atoms with Gasteiger partial charge in [-0.2, -0.15) is 0 Å². The minimum Gasteiger partial charge on any atom is -0.490 e. The molecular weight excluding hydrogens is 376 g/mol. The fourth-order valence-corrected chi connectivity index (χ4v) is 3.96. The van der Waals surface area contributed by atoms with E-state index in [0.29, 0.717) is 27.7 Å². The molecule has 0 bridgehead atoms. The molecule has 1 aliphatic rings. The Kier molecular flexibility index (Phi) is 4.86. The molecule has 1 heterocycles. The molecule has 0 atom stereocenters. The number of fused-ring (bicyclic) bond motifs is 1. The number of amides is 1. The summed E-state index contributed by atoms with van der Waals surface area (Å²) in [6.07, 6.45) is 0. The minimum absolute atomic E-state index is 0.150. The molecule has 0 saturated carbocycles. The summed E-state index contributed by atoms with van der Waals surface area (Å²) in [6, 6.07) is 11.5. The predicted molar refractivity (Wildman–Crippen MR) is 102 cm³/mol. The lowest BCUT2D eigenvalue weighted by Crippen LogP contribution is -2.33. The van der Waals surface area contributed by atoms with E-state index < -0.39 is 15.4 Å². The van der Waals surface area contributed by atoms with E-state index in [1.165, 1.54) is 0 Å². The van der Waals surface area contributed by atoms with Crippen LogP contribution in [0.2, 0.25) is 5.02 Å². The molecule has 2 N–H and O–H groups in total. The lowest BCUT2D eigenvalue weighted by Gasteiger charge is -2.18. The Bertz CT molecular complexity index is 957. The van der Waals surface area contributed by atoms with Crippen molar-refractivity contribution in [3.63, 3.8) is 0 Å². The number of carbonyl (C=O) groups excluding carboxylic acids is 1. The van der Waals surface area contributed by atoms with Gasteiger partial charge < -0.3 is 10.1 Å². The molecule has 138 valence electrons. The molecule has 0 fully saturated rings. The van der Waals surface area contributed by atoms with Crippen molar-refractivity contribution in [3.05, 3.63) is 53.1 Å². The zero-order valence-corrected chi connectivity index (χ0v) is 15.9. The lowest BCUT2D eigenvalue weighted by molar-refractivity contribution is -0.124. The Balaban J connectivity index is 1.80. The topological polar surface area (TPSA) is 84.5 Å². The molecule has 8 heteroatoms. The Hall–Kier alpha value is -2.25. The average molecular weight is 395 g/mol. The molecule has 1 aliphatic heterocycles. The van der Waals surface area contributed by atoms with Crippen LogP contribution in [0.1, 0.15) is 19.4 Å². The van der Waals surface area contributed by atoms with E-state index in [2.05, 4.69) is 10.0 Å². The minimum atomic E-state index is -3.66. The largest absolute Gasteiger partial charge is 0.490 e. The van der Waals surface area contributed by atoms with Crippen LogP contribution < -0.4 is 14.8 Å². The highest BCUT2D eigenvalue weighted by Crippen LogP contribution is 2.34. The zero-order chi connectivity index (χ0) is 18.9. The number of halogens is 1. The molecule has 0 spiro atoms. The van der Waals surface area contributed by atoms with E-state index in [4.69, 9.17) is 16.3 Å². The van der Waals surface area contributed by atoms with Crippen molar-refractivity contribution in [1.82, 2.24) is 0 Å². The third-order valence-electron chi connectivity index (χ3n) is 4.01. The van der Waals surface area contributed by atoms with Gasteiger partial charge in [0.1, 0.15) is 12.4 Å². The SMILES string of the molecule is CC1(C)COc2cc(NS(=O)(=O)Cc3ccccc3Cl)ccc2NC1=O. The fourth-order valence-electron chi connectivity index (χ4n) is 2.46. The first-order valence-corrected chi connectivity index (χ1v) is 10.0. The maximum Gasteiger partial charge on any atom is 0.236 e. The van der Waals surface area contributed by atoms with Crippen molar-refractivity contribution in [2.75, 3.05) is 16.6 Å². The van der Waals surface area contributed by atoms with E-state index in [1.807, 2.05) is 0 Å². The normalized spacial score (nSPS) is 16.0. The van der Waals surface area contributed by atoms with E-state index >= 15 is 0 Å². The summed E-state index contributed by atoms with van der Waals surface area (Å²) in [6.45, 7) is 3.75. The van der Waals surface area contributed by atoms with Crippen molar-refractivity contribution in [2.45, 2.75) is 19.6 Å². The molecule has 3 rings (SSSR count). The van der Waals surface area contributed by atoms with Gasteiger partial charge in [0, 0.05) is 11.1 Å². The number of nitrogens with one attached hydrogen (secondary N) is 2. The van der Waals surface area contributed by atoms with Crippen molar-refractivity contribution in [3.8, 4) is 5.75 Å². The van der Waals surface area contributed by atoms with Gasteiger partial charge in [-0.1, -0.05) is 29.8 Å². The molecule has 0 radical (unpaired) electrons. The highest BCUT2D eigenvalue weighted by Gasteiger charge is 2.32. The van der Waals surface area contributed by atoms with Gasteiger partial charge in [-0.3, -0.25) is 9.52 Å². The summed E-state index contributed by atoms with van der Waals surface area (Å²) in [5.41, 5.74) is 0.698. The number of carbonyl (C=O) groups is 1. The highest BCUT2D eigenvalue weighted by molar-refractivity contribution is 7.91. The van der Waals surface area contributed by atoms with Gasteiger partial charge in [0.15, 0.2) is 0 Å². The van der Waals surface area contributed by atoms with E-state index in [1.54, 1.807) is 56.3 Å². The van der Waals surface area contributed by atoms with Gasteiger partial charge in [-0.15, -0.1) is 0 Å². The molecule has 2 aromatic carbocycles. The summed E-state index contributed by atoms with van der Waals surface area (Å²) < 4.78 is 33.1. The predicted octanol–water partition coefficient (Wildman–Crippen LogP) is 3.64. The number of sulfonamides is 1. The van der Waals surface area contributed by atoms with E-state index in [9.17, 15) is 13.2 Å². The van der Waals surface area contributed by atoms with Gasteiger partial charge in [0.2, 0.25) is 15.9 Å². The van der Waals surface area contributed by atoms with Gasteiger partial charge in [0.25, 0.3) is 0 Å². The van der Waals surface area contributed by atoms with Crippen molar-refractivity contribution in [1.29, 1.82) is 0 Å². The van der Waals surface area contributed by atoms with Crippen molar-refractivity contribution in [2.24, 2.45) is 5.41 Å². The Labute approximate surface area is 157 Å². The first kappa shape index (κ1) is 18.5. The second kappa shape index (κ2) is 6.81. The number of hydrogen-bond acceptors (Lipinski definition) is 4. The highest BCUT2D eigenvalue weighted by atomic mass is 35.5. The third-order valence-corrected chi connectivity index (χ3v) is 5.62. The summed E-state index contributed by atoms with van der Waals surface area (Å²) in [7, 11) is -3.66. The molecule has 0 aliphatic carbocycles. The van der Waals surface area contributed by atoms with Crippen molar-refractivity contribution < 1.29 is 17.9 Å². The van der Waals surface area contributed by atoms with Crippen LogP contribution in [-0.2, 0) is 20.6 Å². The monoisotopic (exact) mass is 394 g/mol. The van der Waals surface area contributed by atoms with Crippen LogP contribution in [-0.4, -0.2) is 20.9 Å². The van der Waals surface area contributed by atoms with Gasteiger partial charge >= 0.3 is 0 Å². The summed E-state index contributed by atoms with van der Waals surface area (Å²) in [4.78, 5) is 12.1. The number of benzene rings is 2. The smallest absolute Gasteiger partial charge is 0.236 e. The second-order valence-corrected chi connectivity index (χ2v) is 8.92. The van der Waals surface area contributed by atoms with E-state index in [-0.39, 0.29) is 18.3 Å². The van der Waals surface area contributed by atoms with Crippen LogP contribution in [0.4, 0.5) is 11.4 Å². The molecule has 0 aromatic heterocycles. The van der Waals surface area contributed by atoms with Gasteiger partial charge in [0.05, 0.1) is 22.5 Å². The van der Waals surface area contributed by atoms with Crippen LogP contribution in [0, 0.1) is 5.41 Å². The lowest BCUT2D eigenvalue weighted by atomic mass is 9.94. The third kappa shape index (κ3) is 4.11. The molecule has 1 amide bonds. The van der Waals surface area contributed by atoms with Gasteiger partial charge in [-0.05, 0) is 37.6 Å². The molecule has 6 nitrogen and oxygen atoms in total. The van der Waals surface area contributed by atoms with Crippen LogP contribution >= 0.6 is 11.6 Å². The first-order valence-electron chi connectivity index (χ1n) is 7.98. The van der Waals surface area contributed by atoms with Crippen LogP contribution in [0.3, 0.4) is 0 Å². The number of anilines is 2. The number of rotatable bonds is 4. The second-order valence-electron chi connectivity index (χ2n) is 6.79. The Morgan fingerprint density at radius 2 is 1.96 bits per heavy atom. The summed E-state index contributed by atoms with van der Waals surface area (Å²) in [5, 5.41) is 3.19. The first-order chi connectivity index (χ1) is 12.2. The standard InChI is InChI=1S/C18H19ClN2O4S/c1-18(2)11-25-16-9-13(7-8-15(16)20-17(18)22)21-26(23,24)10-12-5-3-4-6-14(12)19/h3-9,21H,10-11H2,1-2H3,(H,20,22). The molecule has 2 aromatic rings. The van der Waals surface area contributed by atoms with Crippen molar-refractivity contribution >= 4 is 38.9 Å². The Morgan fingerprint density at radius 1 is 1.23 bits per heavy atom. The maximum atomic E-state index is 12.4. The van der Waals surface area contributed by atoms with Crippen LogP contribution in [0.15, 0.2) is 42.5 Å². The van der Waals surface area contributed by atoms with E-state index in [0.717, 1.165) is 0 Å². The number of hydrogen-bond donors (Lipinski definition) is 2. The molecule has 0 unspecified atom stereocenters. The zero-order valence-electron chi connectivity index (χ0n) is 14.4. The summed E-state index contributed by atoms with van der Waals surface area (Å²) in [5.74, 6) is 0.0270. The summed E-state index contributed by atoms with van der Waals surface area (Å²) >= 11 is 6.03. The molecule has 26 heavy (non-hydrogen) atoms. The maximum absolute atomic E-state index is 12.4.